The van der Waals surface area contributed by atoms with Crippen LogP contribution < -0.4 is 4.90 Å². The van der Waals surface area contributed by atoms with Crippen LogP contribution in [0.25, 0.3) is 65.7 Å². The minimum Gasteiger partial charge on any atom is -0.310 e. The van der Waals surface area contributed by atoms with Crippen LogP contribution in [-0.2, 0) is 0 Å². The average molecular weight is 624 g/mol. The number of hydrogen-bond donors (Lipinski definition) is 0. The van der Waals surface area contributed by atoms with Crippen molar-refractivity contribution in [3.8, 4) is 33.4 Å². The fourth-order valence-corrected chi connectivity index (χ4v) is 7.17. The molecule has 1 heteroatoms. The molecule has 0 atom stereocenters. The van der Waals surface area contributed by atoms with Gasteiger partial charge in [-0.2, -0.15) is 0 Å². The molecule has 0 N–H and O–H groups in total. The second-order valence-electron chi connectivity index (χ2n) is 12.6. The summed E-state index contributed by atoms with van der Waals surface area (Å²) in [5, 5.41) is 7.49. The monoisotopic (exact) mass is 623 g/mol. The molecule has 0 spiro atoms. The van der Waals surface area contributed by atoms with E-state index in [0.717, 1.165) is 17.1 Å². The van der Waals surface area contributed by atoms with Gasteiger partial charge in [-0.3, -0.25) is 0 Å². The fourth-order valence-electron chi connectivity index (χ4n) is 7.17. The molecule has 9 rings (SSSR count). The number of fused-ring (bicyclic) bond motifs is 3. The van der Waals surface area contributed by atoms with E-state index in [1.54, 1.807) is 0 Å². The molecule has 0 aliphatic rings. The van der Waals surface area contributed by atoms with E-state index in [9.17, 15) is 0 Å². The lowest BCUT2D eigenvalue weighted by Gasteiger charge is -2.26. The van der Waals surface area contributed by atoms with Crippen LogP contribution in [-0.4, -0.2) is 0 Å². The first-order chi connectivity index (χ1) is 24.3. The molecule has 0 aliphatic heterocycles. The lowest BCUT2D eigenvalue weighted by molar-refractivity contribution is 1.29. The van der Waals surface area contributed by atoms with E-state index in [1.165, 1.54) is 65.7 Å². The van der Waals surface area contributed by atoms with Crippen molar-refractivity contribution in [2.45, 2.75) is 0 Å². The first-order valence-corrected chi connectivity index (χ1v) is 16.8. The Labute approximate surface area is 287 Å². The highest BCUT2D eigenvalue weighted by atomic mass is 15.1. The number of benzene rings is 9. The summed E-state index contributed by atoms with van der Waals surface area (Å²) in [5.74, 6) is 0. The molecular weight excluding hydrogens is 591 g/mol. The largest absolute Gasteiger partial charge is 0.310 e. The molecule has 0 aromatic heterocycles. The zero-order chi connectivity index (χ0) is 32.6. The maximum atomic E-state index is 2.36. The Kier molecular flexibility index (Phi) is 7.22. The van der Waals surface area contributed by atoms with Gasteiger partial charge in [0.2, 0.25) is 0 Å². The summed E-state index contributed by atoms with van der Waals surface area (Å²) >= 11 is 0. The number of anilines is 3. The Hall–Kier alpha value is -6.44. The third kappa shape index (κ3) is 5.42. The molecule has 1 nitrogen and oxygen atoms in total. The van der Waals surface area contributed by atoms with Crippen LogP contribution in [0.1, 0.15) is 0 Å². The summed E-state index contributed by atoms with van der Waals surface area (Å²) in [6.45, 7) is 0. The Bertz CT molecular complexity index is 2590. The van der Waals surface area contributed by atoms with Crippen molar-refractivity contribution in [2.24, 2.45) is 0 Å². The zero-order valence-electron chi connectivity index (χ0n) is 27.0. The van der Waals surface area contributed by atoms with Crippen molar-refractivity contribution in [1.29, 1.82) is 0 Å². The summed E-state index contributed by atoms with van der Waals surface area (Å²) in [6, 6.07) is 72.5. The van der Waals surface area contributed by atoms with E-state index in [0.29, 0.717) is 0 Å². The maximum absolute atomic E-state index is 2.36. The van der Waals surface area contributed by atoms with Gasteiger partial charge in [0.25, 0.3) is 0 Å². The average Bonchev–Trinajstić information content (AvgIpc) is 3.18. The predicted molar refractivity (Wildman–Crippen MR) is 210 cm³/mol. The van der Waals surface area contributed by atoms with Gasteiger partial charge in [-0.15, -0.1) is 0 Å². The van der Waals surface area contributed by atoms with E-state index in [1.807, 2.05) is 0 Å². The first-order valence-electron chi connectivity index (χ1n) is 16.8. The molecule has 0 aliphatic carbocycles. The molecule has 0 amide bonds. The molecule has 9 aromatic rings. The van der Waals surface area contributed by atoms with Crippen molar-refractivity contribution >= 4 is 49.4 Å². The van der Waals surface area contributed by atoms with Gasteiger partial charge in [-0.1, -0.05) is 158 Å². The highest BCUT2D eigenvalue weighted by Crippen LogP contribution is 2.40. The minimum atomic E-state index is 1.11. The van der Waals surface area contributed by atoms with Crippen LogP contribution in [0.3, 0.4) is 0 Å². The highest BCUT2D eigenvalue weighted by molar-refractivity contribution is 6.06. The SMILES string of the molecule is c1ccc(-c2cccc(N(c3ccc(-c4ccc5cccc(-c6cccc7ccccc67)c5c4)cc3)c3ccc4ccccc4c3)c2)cc1. The normalized spacial score (nSPS) is 11.3. The number of nitrogens with zero attached hydrogens (tertiary/aromatic N) is 1. The van der Waals surface area contributed by atoms with Gasteiger partial charge >= 0.3 is 0 Å². The summed E-state index contributed by atoms with van der Waals surface area (Å²) in [4.78, 5) is 2.36. The standard InChI is InChI=1S/C48H33N/c1-2-11-34(12-3-1)40-18-8-19-43(31-40)49(44-30-27-35-13-4-5-15-39(35)32-44)42-28-25-36(26-29-42)41-24-23-38-17-10-22-47(48(38)33-41)46-21-9-16-37-14-6-7-20-45(37)46/h1-33H. The van der Waals surface area contributed by atoms with Crippen LogP contribution in [0, 0.1) is 0 Å². The number of hydrogen-bond acceptors (Lipinski definition) is 1. The highest BCUT2D eigenvalue weighted by Gasteiger charge is 2.15. The quantitative estimate of drug-likeness (QED) is 0.178. The van der Waals surface area contributed by atoms with Crippen molar-refractivity contribution in [1.82, 2.24) is 0 Å². The second kappa shape index (κ2) is 12.3. The minimum absolute atomic E-state index is 1.11. The summed E-state index contributed by atoms with van der Waals surface area (Å²) in [6.07, 6.45) is 0. The van der Waals surface area contributed by atoms with Gasteiger partial charge in [0.1, 0.15) is 0 Å². The molecule has 0 saturated carbocycles. The van der Waals surface area contributed by atoms with Crippen LogP contribution >= 0.6 is 0 Å². The van der Waals surface area contributed by atoms with Crippen LogP contribution in [0.15, 0.2) is 200 Å². The van der Waals surface area contributed by atoms with Crippen molar-refractivity contribution < 1.29 is 0 Å². The van der Waals surface area contributed by atoms with Crippen molar-refractivity contribution in [2.75, 3.05) is 4.90 Å². The van der Waals surface area contributed by atoms with E-state index in [2.05, 4.69) is 205 Å². The van der Waals surface area contributed by atoms with E-state index >= 15 is 0 Å². The lowest BCUT2D eigenvalue weighted by Crippen LogP contribution is -2.10. The van der Waals surface area contributed by atoms with Gasteiger partial charge < -0.3 is 4.90 Å². The lowest BCUT2D eigenvalue weighted by atomic mass is 9.92. The van der Waals surface area contributed by atoms with Crippen molar-refractivity contribution in [3.05, 3.63) is 200 Å². The molecule has 0 saturated heterocycles. The molecule has 230 valence electrons. The van der Waals surface area contributed by atoms with Crippen LogP contribution in [0.4, 0.5) is 17.1 Å². The maximum Gasteiger partial charge on any atom is 0.0468 e. The fraction of sp³-hybridized carbons (Fsp3) is 0. The second-order valence-corrected chi connectivity index (χ2v) is 12.6. The summed E-state index contributed by atoms with van der Waals surface area (Å²) < 4.78 is 0. The third-order valence-electron chi connectivity index (χ3n) is 9.62. The molecule has 0 fully saturated rings. The third-order valence-corrected chi connectivity index (χ3v) is 9.62. The summed E-state index contributed by atoms with van der Waals surface area (Å²) in [5.41, 5.74) is 10.7. The zero-order valence-corrected chi connectivity index (χ0v) is 27.0. The molecule has 0 heterocycles. The molecule has 0 unspecified atom stereocenters. The Morgan fingerprint density at radius 2 is 0.755 bits per heavy atom. The van der Waals surface area contributed by atoms with Gasteiger partial charge in [0, 0.05) is 17.1 Å². The van der Waals surface area contributed by atoms with E-state index < -0.39 is 0 Å². The van der Waals surface area contributed by atoms with E-state index in [-0.39, 0.29) is 0 Å². The van der Waals surface area contributed by atoms with Gasteiger partial charge in [0.05, 0.1) is 0 Å². The number of rotatable bonds is 6. The molecule has 0 bridgehead atoms. The predicted octanol–water partition coefficient (Wildman–Crippen LogP) is 13.6. The molecule has 9 aromatic carbocycles. The van der Waals surface area contributed by atoms with Crippen molar-refractivity contribution in [3.63, 3.8) is 0 Å². The molecular formula is C48H33N. The van der Waals surface area contributed by atoms with Crippen LogP contribution in [0.2, 0.25) is 0 Å². The van der Waals surface area contributed by atoms with Gasteiger partial charge in [0.15, 0.2) is 0 Å². The molecule has 0 radical (unpaired) electrons. The van der Waals surface area contributed by atoms with Gasteiger partial charge in [-0.05, 0) is 108 Å². The smallest absolute Gasteiger partial charge is 0.0468 e. The Morgan fingerprint density at radius 3 is 1.57 bits per heavy atom. The van der Waals surface area contributed by atoms with Gasteiger partial charge in [-0.25, -0.2) is 0 Å². The van der Waals surface area contributed by atoms with E-state index in [4.69, 9.17) is 0 Å². The van der Waals surface area contributed by atoms with Crippen LogP contribution in [0.5, 0.6) is 0 Å². The topological polar surface area (TPSA) is 3.24 Å². The molecule has 49 heavy (non-hydrogen) atoms. The summed E-state index contributed by atoms with van der Waals surface area (Å²) in [7, 11) is 0. The Balaban J connectivity index is 1.14. The first kappa shape index (κ1) is 28.8. The Morgan fingerprint density at radius 1 is 0.245 bits per heavy atom.